The number of nitrogens with two attached hydrogens (primary N) is 1. The van der Waals surface area contributed by atoms with Crippen molar-refractivity contribution in [2.24, 2.45) is 5.73 Å². The lowest BCUT2D eigenvalue weighted by atomic mass is 9.98. The predicted molar refractivity (Wildman–Crippen MR) is 109 cm³/mol. The van der Waals surface area contributed by atoms with Gasteiger partial charge in [-0.1, -0.05) is 47.5 Å². The average Bonchev–Trinajstić information content (AvgIpc) is 3.03. The van der Waals surface area contributed by atoms with Crippen LogP contribution in [0.2, 0.25) is 10.0 Å². The summed E-state index contributed by atoms with van der Waals surface area (Å²) in [6.07, 6.45) is -0.431. The van der Waals surface area contributed by atoms with E-state index in [-0.39, 0.29) is 5.91 Å². The van der Waals surface area contributed by atoms with Gasteiger partial charge in [0.1, 0.15) is 16.0 Å². The minimum Gasteiger partial charge on any atom is -0.365 e. The van der Waals surface area contributed by atoms with E-state index in [4.69, 9.17) is 28.9 Å². The Kier molecular flexibility index (Phi) is 4.55. The van der Waals surface area contributed by atoms with Crippen molar-refractivity contribution in [3.05, 3.63) is 74.6 Å². The van der Waals surface area contributed by atoms with Gasteiger partial charge in [-0.25, -0.2) is 0 Å². The van der Waals surface area contributed by atoms with Gasteiger partial charge in [0.25, 0.3) is 11.8 Å². The molecule has 1 aliphatic heterocycles. The van der Waals surface area contributed by atoms with Crippen LogP contribution in [-0.4, -0.2) is 11.8 Å². The zero-order valence-corrected chi connectivity index (χ0v) is 16.1. The number of primary amides is 1. The number of benzene rings is 2. The molecule has 3 aromatic rings. The van der Waals surface area contributed by atoms with E-state index in [1.165, 1.54) is 11.3 Å². The zero-order valence-electron chi connectivity index (χ0n) is 13.8. The summed E-state index contributed by atoms with van der Waals surface area (Å²) < 4.78 is 0. The van der Waals surface area contributed by atoms with Gasteiger partial charge in [0, 0.05) is 15.6 Å². The highest BCUT2D eigenvalue weighted by Gasteiger charge is 2.33. The van der Waals surface area contributed by atoms with Crippen molar-refractivity contribution in [1.82, 2.24) is 5.32 Å². The lowest BCUT2D eigenvalue weighted by molar-refractivity contribution is 0.0937. The van der Waals surface area contributed by atoms with E-state index >= 15 is 0 Å². The Hall–Kier alpha value is -2.54. The summed E-state index contributed by atoms with van der Waals surface area (Å²) in [5.74, 6) is -0.866. The molecule has 4 rings (SSSR count). The predicted octanol–water partition coefficient (Wildman–Crippen LogP) is 4.67. The molecule has 5 nitrogen and oxygen atoms in total. The minimum atomic E-state index is -0.586. The highest BCUT2D eigenvalue weighted by Crippen LogP contribution is 2.43. The van der Waals surface area contributed by atoms with E-state index in [9.17, 15) is 9.59 Å². The number of hydrogen-bond acceptors (Lipinski definition) is 4. The Morgan fingerprint density at radius 1 is 0.926 bits per heavy atom. The molecule has 1 aliphatic rings. The molecule has 0 spiro atoms. The first-order chi connectivity index (χ1) is 12.9. The molecule has 0 fully saturated rings. The summed E-state index contributed by atoms with van der Waals surface area (Å²) in [5.41, 5.74) is 8.04. The smallest absolute Gasteiger partial charge is 0.259 e. The van der Waals surface area contributed by atoms with Gasteiger partial charge in [-0.15, -0.1) is 11.3 Å². The van der Waals surface area contributed by atoms with Crippen LogP contribution in [0.5, 0.6) is 0 Å². The third-order valence-electron chi connectivity index (χ3n) is 4.25. The number of hydrogen-bond donors (Lipinski definition) is 3. The second-order valence-electron chi connectivity index (χ2n) is 5.98. The number of thiophene rings is 1. The number of anilines is 1. The summed E-state index contributed by atoms with van der Waals surface area (Å²) in [6, 6.07) is 14.1. The van der Waals surface area contributed by atoms with Crippen LogP contribution in [0, 0.1) is 0 Å². The van der Waals surface area contributed by atoms with Gasteiger partial charge in [-0.3, -0.25) is 9.59 Å². The van der Waals surface area contributed by atoms with Crippen LogP contribution < -0.4 is 16.4 Å². The third-order valence-corrected chi connectivity index (χ3v) is 5.89. The lowest BCUT2D eigenvalue weighted by Crippen LogP contribution is -2.37. The minimum absolute atomic E-state index is 0.280. The molecule has 4 N–H and O–H groups in total. The molecule has 1 atom stereocenters. The quantitative estimate of drug-likeness (QED) is 0.578. The van der Waals surface area contributed by atoms with Crippen LogP contribution >= 0.6 is 34.5 Å². The fourth-order valence-corrected chi connectivity index (χ4v) is 4.36. The Morgan fingerprint density at radius 2 is 1.52 bits per heavy atom. The molecular weight excluding hydrogens is 405 g/mol. The average molecular weight is 418 g/mol. The highest BCUT2D eigenvalue weighted by atomic mass is 35.5. The summed E-state index contributed by atoms with van der Waals surface area (Å²) in [4.78, 5) is 25.2. The third kappa shape index (κ3) is 3.27. The number of fused-ring (bicyclic) bond motifs is 1. The van der Waals surface area contributed by atoms with Crippen LogP contribution in [0.4, 0.5) is 5.00 Å². The van der Waals surface area contributed by atoms with E-state index in [0.717, 1.165) is 5.56 Å². The van der Waals surface area contributed by atoms with E-state index in [1.807, 2.05) is 12.1 Å². The van der Waals surface area contributed by atoms with E-state index < -0.39 is 12.1 Å². The van der Waals surface area contributed by atoms with Crippen LogP contribution in [0.25, 0.3) is 11.1 Å². The maximum Gasteiger partial charge on any atom is 0.259 e. The van der Waals surface area contributed by atoms with Crippen molar-refractivity contribution in [3.63, 3.8) is 0 Å². The van der Waals surface area contributed by atoms with Gasteiger partial charge in [-0.05, 0) is 35.4 Å². The molecule has 8 heteroatoms. The molecule has 27 heavy (non-hydrogen) atoms. The van der Waals surface area contributed by atoms with Crippen LogP contribution in [0.15, 0.2) is 48.5 Å². The van der Waals surface area contributed by atoms with Gasteiger partial charge in [0.05, 0.1) is 5.56 Å². The molecular formula is C19H13Cl2N3O2S. The summed E-state index contributed by atoms with van der Waals surface area (Å²) in [5, 5.41) is 7.96. The first kappa shape index (κ1) is 17.9. The van der Waals surface area contributed by atoms with Crippen molar-refractivity contribution in [2.45, 2.75) is 6.17 Å². The first-order valence-electron chi connectivity index (χ1n) is 7.99. The summed E-state index contributed by atoms with van der Waals surface area (Å²) in [7, 11) is 0. The van der Waals surface area contributed by atoms with E-state index in [1.54, 1.807) is 36.4 Å². The van der Waals surface area contributed by atoms with Gasteiger partial charge < -0.3 is 16.4 Å². The van der Waals surface area contributed by atoms with Crippen molar-refractivity contribution >= 4 is 51.4 Å². The lowest BCUT2D eigenvalue weighted by Gasteiger charge is -2.26. The van der Waals surface area contributed by atoms with Crippen molar-refractivity contribution in [1.29, 1.82) is 0 Å². The van der Waals surface area contributed by atoms with Gasteiger partial charge in [-0.2, -0.15) is 0 Å². The number of nitrogens with one attached hydrogen (secondary N) is 2. The number of amides is 2. The molecule has 0 bridgehead atoms. The largest absolute Gasteiger partial charge is 0.365 e. The Morgan fingerprint density at radius 3 is 2.11 bits per heavy atom. The Labute approximate surface area is 169 Å². The topological polar surface area (TPSA) is 84.2 Å². The van der Waals surface area contributed by atoms with Crippen molar-refractivity contribution < 1.29 is 9.59 Å². The molecule has 0 saturated carbocycles. The maximum absolute atomic E-state index is 12.9. The molecule has 0 aliphatic carbocycles. The molecule has 136 valence electrons. The van der Waals surface area contributed by atoms with E-state index in [0.29, 0.717) is 36.6 Å². The van der Waals surface area contributed by atoms with Crippen LogP contribution in [0.1, 0.15) is 31.8 Å². The van der Waals surface area contributed by atoms with Gasteiger partial charge in [0.15, 0.2) is 0 Å². The molecule has 1 unspecified atom stereocenters. The molecule has 0 saturated heterocycles. The highest BCUT2D eigenvalue weighted by molar-refractivity contribution is 7.19. The zero-order chi connectivity index (χ0) is 19.1. The first-order valence-corrected chi connectivity index (χ1v) is 9.56. The van der Waals surface area contributed by atoms with Crippen LogP contribution in [0.3, 0.4) is 0 Å². The fourth-order valence-electron chi connectivity index (χ4n) is 3.01. The van der Waals surface area contributed by atoms with Gasteiger partial charge in [0.2, 0.25) is 0 Å². The molecule has 0 radical (unpaired) electrons. The van der Waals surface area contributed by atoms with Gasteiger partial charge >= 0.3 is 0 Å². The standard InChI is InChI=1S/C19H13Cl2N3O2S/c20-11-5-1-9(2-6-11)13-14-18(26)23-17(10-3-7-12(21)8-4-10)24-19(14)27-15(13)16(22)25/h1-8,17,24H,(H2,22,25)(H,23,26). The SMILES string of the molecule is NC(=O)c1sc2c(c1-c1ccc(Cl)cc1)C(=O)NC(c1ccc(Cl)cc1)N2. The number of carbonyl (C=O) groups excluding carboxylic acids is 2. The molecule has 2 amide bonds. The second kappa shape index (κ2) is 6.88. The van der Waals surface area contributed by atoms with Crippen LogP contribution in [-0.2, 0) is 0 Å². The summed E-state index contributed by atoms with van der Waals surface area (Å²) in [6.45, 7) is 0. The monoisotopic (exact) mass is 417 g/mol. The Balaban J connectivity index is 1.81. The van der Waals surface area contributed by atoms with Crippen molar-refractivity contribution in [2.75, 3.05) is 5.32 Å². The molecule has 2 heterocycles. The maximum atomic E-state index is 12.9. The van der Waals surface area contributed by atoms with Crippen molar-refractivity contribution in [3.8, 4) is 11.1 Å². The normalized spacial score (nSPS) is 15.6. The molecule has 1 aromatic heterocycles. The molecule has 2 aromatic carbocycles. The number of halogens is 2. The summed E-state index contributed by atoms with van der Waals surface area (Å²) >= 11 is 13.1. The van der Waals surface area contributed by atoms with E-state index in [2.05, 4.69) is 10.6 Å². The second-order valence-corrected chi connectivity index (χ2v) is 7.88. The number of carbonyl (C=O) groups is 2. The fraction of sp³-hybridized carbons (Fsp3) is 0.0526. The number of rotatable bonds is 3. The Bertz CT molecular complexity index is 1050.